The fourth-order valence-electron chi connectivity index (χ4n) is 3.07. The molecular weight excluding hydrogens is 373 g/mol. The van der Waals surface area contributed by atoms with E-state index in [1.807, 2.05) is 6.92 Å². The van der Waals surface area contributed by atoms with Crippen LogP contribution in [0.4, 0.5) is 10.1 Å². The van der Waals surface area contributed by atoms with Crippen LogP contribution in [0, 0.1) is 24.6 Å². The number of esters is 1. The lowest BCUT2D eigenvalue weighted by molar-refractivity contribution is -0.110. The van der Waals surface area contributed by atoms with Crippen molar-refractivity contribution in [2.75, 3.05) is 25.0 Å². The first-order valence-corrected chi connectivity index (χ1v) is 9.38. The molecule has 29 heavy (non-hydrogen) atoms. The molecule has 0 saturated heterocycles. The van der Waals surface area contributed by atoms with Crippen LogP contribution >= 0.6 is 0 Å². The lowest BCUT2D eigenvalue weighted by atomic mass is 9.98. The van der Waals surface area contributed by atoms with Gasteiger partial charge in [0.1, 0.15) is 5.82 Å². The van der Waals surface area contributed by atoms with E-state index in [0.717, 1.165) is 6.54 Å². The highest BCUT2D eigenvalue weighted by Crippen LogP contribution is 2.37. The van der Waals surface area contributed by atoms with Gasteiger partial charge in [0.05, 0.1) is 35.5 Å². The van der Waals surface area contributed by atoms with E-state index in [9.17, 15) is 14.0 Å². The molecule has 0 radical (unpaired) electrons. The SMILES string of the molecule is CCNCC#Cc1c(F)ccc2c1C(=Cc1[nH]cc(C(=O)OCC)c1C)C(=O)N2. The van der Waals surface area contributed by atoms with E-state index < -0.39 is 11.8 Å². The molecule has 7 heteroatoms. The predicted molar refractivity (Wildman–Crippen MR) is 110 cm³/mol. The third-order valence-corrected chi connectivity index (χ3v) is 4.56. The molecular formula is C22H22FN3O3. The number of aromatic nitrogens is 1. The number of benzene rings is 1. The Balaban J connectivity index is 2.06. The molecule has 3 N–H and O–H groups in total. The molecule has 0 unspecified atom stereocenters. The molecule has 0 saturated carbocycles. The second kappa shape index (κ2) is 8.76. The van der Waals surface area contributed by atoms with Crippen molar-refractivity contribution in [2.24, 2.45) is 0 Å². The number of amides is 1. The van der Waals surface area contributed by atoms with Crippen LogP contribution < -0.4 is 10.6 Å². The van der Waals surface area contributed by atoms with Gasteiger partial charge in [-0.2, -0.15) is 0 Å². The number of H-pyrrole nitrogens is 1. The molecule has 6 nitrogen and oxygen atoms in total. The summed E-state index contributed by atoms with van der Waals surface area (Å²) in [6.45, 7) is 6.88. The summed E-state index contributed by atoms with van der Waals surface area (Å²) in [6.07, 6.45) is 3.14. The standard InChI is InChI=1S/C22H22FN3O3/c1-4-24-10-6-7-14-17(23)8-9-18-20(14)15(21(27)26-18)11-19-13(3)16(12-25-19)22(28)29-5-2/h8-9,11-12,24-25H,4-5,10H2,1-3H3,(H,26,27). The van der Waals surface area contributed by atoms with Crippen LogP contribution in [0.1, 0.15) is 46.6 Å². The maximum absolute atomic E-state index is 14.5. The van der Waals surface area contributed by atoms with Crippen LogP contribution in [0.15, 0.2) is 18.3 Å². The molecule has 2 heterocycles. The third-order valence-electron chi connectivity index (χ3n) is 4.56. The van der Waals surface area contributed by atoms with E-state index in [-0.39, 0.29) is 23.7 Å². The smallest absolute Gasteiger partial charge is 0.339 e. The second-order valence-electron chi connectivity index (χ2n) is 6.40. The molecule has 3 rings (SSSR count). The Hall–Kier alpha value is -3.37. The van der Waals surface area contributed by atoms with E-state index in [4.69, 9.17) is 4.74 Å². The van der Waals surface area contributed by atoms with Gasteiger partial charge in [0.2, 0.25) is 0 Å². The Morgan fingerprint density at radius 3 is 2.86 bits per heavy atom. The van der Waals surface area contributed by atoms with Crippen molar-refractivity contribution >= 4 is 29.2 Å². The Morgan fingerprint density at radius 2 is 2.14 bits per heavy atom. The highest BCUT2D eigenvalue weighted by molar-refractivity contribution is 6.35. The molecule has 2 aromatic rings. The number of nitrogens with one attached hydrogen (secondary N) is 3. The minimum absolute atomic E-state index is 0.167. The lowest BCUT2D eigenvalue weighted by Gasteiger charge is -2.05. The monoisotopic (exact) mass is 395 g/mol. The Labute approximate surface area is 168 Å². The zero-order valence-corrected chi connectivity index (χ0v) is 16.5. The topological polar surface area (TPSA) is 83.2 Å². The molecule has 1 aliphatic rings. The summed E-state index contributed by atoms with van der Waals surface area (Å²) in [6, 6.07) is 2.81. The quantitative estimate of drug-likeness (QED) is 0.314. The van der Waals surface area contributed by atoms with Gasteiger partial charge in [0.15, 0.2) is 0 Å². The van der Waals surface area contributed by atoms with Crippen LogP contribution in [0.3, 0.4) is 0 Å². The molecule has 150 valence electrons. The first-order chi connectivity index (χ1) is 14.0. The van der Waals surface area contributed by atoms with Gasteiger partial charge in [-0.15, -0.1) is 0 Å². The van der Waals surface area contributed by atoms with E-state index >= 15 is 0 Å². The van der Waals surface area contributed by atoms with Crippen LogP contribution in [-0.4, -0.2) is 36.6 Å². The number of hydrogen-bond donors (Lipinski definition) is 3. The van der Waals surface area contributed by atoms with E-state index in [1.165, 1.54) is 18.3 Å². The number of fused-ring (bicyclic) bond motifs is 1. The van der Waals surface area contributed by atoms with Gasteiger partial charge in [-0.05, 0) is 44.2 Å². The Kier molecular flexibility index (Phi) is 6.15. The highest BCUT2D eigenvalue weighted by atomic mass is 19.1. The summed E-state index contributed by atoms with van der Waals surface area (Å²) in [5, 5.41) is 5.80. The van der Waals surface area contributed by atoms with Crippen molar-refractivity contribution in [1.29, 1.82) is 0 Å². The van der Waals surface area contributed by atoms with Crippen molar-refractivity contribution in [3.05, 3.63) is 52.1 Å². The average Bonchev–Trinajstić information content (AvgIpc) is 3.21. The summed E-state index contributed by atoms with van der Waals surface area (Å²) >= 11 is 0. The average molecular weight is 395 g/mol. The van der Waals surface area contributed by atoms with Crippen molar-refractivity contribution in [2.45, 2.75) is 20.8 Å². The van der Waals surface area contributed by atoms with Gasteiger partial charge in [-0.3, -0.25) is 4.79 Å². The van der Waals surface area contributed by atoms with E-state index in [2.05, 4.69) is 27.5 Å². The summed E-state index contributed by atoms with van der Waals surface area (Å²) in [7, 11) is 0. The number of carbonyl (C=O) groups excluding carboxylic acids is 2. The normalized spacial score (nSPS) is 13.7. The first kappa shape index (κ1) is 20.4. The Morgan fingerprint density at radius 1 is 1.34 bits per heavy atom. The van der Waals surface area contributed by atoms with Gasteiger partial charge in [-0.25, -0.2) is 9.18 Å². The van der Waals surface area contributed by atoms with Crippen LogP contribution in [-0.2, 0) is 9.53 Å². The molecule has 0 spiro atoms. The first-order valence-electron chi connectivity index (χ1n) is 9.38. The zero-order chi connectivity index (χ0) is 21.0. The number of carbonyl (C=O) groups is 2. The second-order valence-corrected chi connectivity index (χ2v) is 6.40. The van der Waals surface area contributed by atoms with E-state index in [1.54, 1.807) is 19.9 Å². The number of hydrogen-bond acceptors (Lipinski definition) is 4. The van der Waals surface area contributed by atoms with Gasteiger partial charge in [0, 0.05) is 17.5 Å². The number of ether oxygens (including phenoxy) is 1. The van der Waals surface area contributed by atoms with Gasteiger partial charge in [-0.1, -0.05) is 18.8 Å². The largest absolute Gasteiger partial charge is 0.462 e. The maximum atomic E-state index is 14.5. The van der Waals surface area contributed by atoms with Crippen molar-refractivity contribution in [3.63, 3.8) is 0 Å². The molecule has 0 atom stereocenters. The molecule has 1 aromatic heterocycles. The Bertz CT molecular complexity index is 1060. The van der Waals surface area contributed by atoms with Crippen molar-refractivity contribution in [3.8, 4) is 11.8 Å². The molecule has 0 fully saturated rings. The van der Waals surface area contributed by atoms with Crippen LogP contribution in [0.2, 0.25) is 0 Å². The molecule has 0 aliphatic carbocycles. The number of aromatic amines is 1. The zero-order valence-electron chi connectivity index (χ0n) is 16.5. The van der Waals surface area contributed by atoms with Gasteiger partial charge in [0.25, 0.3) is 5.91 Å². The summed E-state index contributed by atoms with van der Waals surface area (Å²) < 4.78 is 19.5. The maximum Gasteiger partial charge on any atom is 0.339 e. The van der Waals surface area contributed by atoms with Crippen molar-refractivity contribution < 1.29 is 18.7 Å². The molecule has 1 amide bonds. The summed E-state index contributed by atoms with van der Waals surface area (Å²) in [4.78, 5) is 27.6. The lowest BCUT2D eigenvalue weighted by Crippen LogP contribution is -2.12. The van der Waals surface area contributed by atoms with E-state index in [0.29, 0.717) is 34.6 Å². The van der Waals surface area contributed by atoms with Crippen molar-refractivity contribution in [1.82, 2.24) is 10.3 Å². The minimum Gasteiger partial charge on any atom is -0.462 e. The third kappa shape index (κ3) is 4.08. The van der Waals surface area contributed by atoms with Crippen LogP contribution in [0.25, 0.3) is 11.6 Å². The summed E-state index contributed by atoms with van der Waals surface area (Å²) in [5.74, 6) is 4.42. The van der Waals surface area contributed by atoms with Crippen LogP contribution in [0.5, 0.6) is 0 Å². The predicted octanol–water partition coefficient (Wildman–Crippen LogP) is 3.09. The van der Waals surface area contributed by atoms with Gasteiger partial charge >= 0.3 is 5.97 Å². The molecule has 1 aliphatic heterocycles. The minimum atomic E-state index is -0.495. The fraction of sp³-hybridized carbons (Fsp3) is 0.273. The number of rotatable bonds is 5. The molecule has 1 aromatic carbocycles. The summed E-state index contributed by atoms with van der Waals surface area (Å²) in [5.41, 5.74) is 2.99. The van der Waals surface area contributed by atoms with Gasteiger partial charge < -0.3 is 20.4 Å². The fourth-order valence-corrected chi connectivity index (χ4v) is 3.07. The number of anilines is 1. The molecule has 0 bridgehead atoms. The number of halogens is 1. The highest BCUT2D eigenvalue weighted by Gasteiger charge is 2.29.